The monoisotopic (exact) mass is 281 g/mol. The van der Waals surface area contributed by atoms with Gasteiger partial charge in [-0.15, -0.1) is 0 Å². The lowest BCUT2D eigenvalue weighted by Crippen LogP contribution is -2.58. The van der Waals surface area contributed by atoms with E-state index >= 15 is 0 Å². The van der Waals surface area contributed by atoms with E-state index in [-0.39, 0.29) is 26.2 Å². The molecule has 8 nitrogen and oxygen atoms in total. The zero-order valence-electron chi connectivity index (χ0n) is 10.7. The lowest BCUT2D eigenvalue weighted by atomic mass is 10.2. The average Bonchev–Trinajstić information content (AvgIpc) is 2.45. The fourth-order valence-electron chi connectivity index (χ4n) is 2.05. The first-order chi connectivity index (χ1) is 9.58. The molecule has 1 aliphatic heterocycles. The molecule has 108 valence electrons. The van der Waals surface area contributed by atoms with Gasteiger partial charge in [0.05, 0.1) is 12.2 Å². The number of piperazine rings is 1. The van der Waals surface area contributed by atoms with Crippen LogP contribution >= 0.6 is 0 Å². The normalized spacial score (nSPS) is 18.7. The van der Waals surface area contributed by atoms with Gasteiger partial charge in [0.1, 0.15) is 12.4 Å². The van der Waals surface area contributed by atoms with Crippen molar-refractivity contribution in [1.29, 1.82) is 0 Å². The van der Waals surface area contributed by atoms with Crippen molar-refractivity contribution in [2.24, 2.45) is 0 Å². The van der Waals surface area contributed by atoms with Crippen LogP contribution in [0.1, 0.15) is 0 Å². The number of carboxylic acid groups (broad SMARTS) is 2. The Bertz CT molecular complexity index is 481. The third kappa shape index (κ3) is 3.28. The second kappa shape index (κ2) is 6.09. The molecule has 0 radical (unpaired) electrons. The number of amides is 2. The third-order valence-corrected chi connectivity index (χ3v) is 3.08. The minimum Gasteiger partial charge on any atom is -0.490 e. The van der Waals surface area contributed by atoms with Gasteiger partial charge < -0.3 is 19.8 Å². The molecule has 1 aromatic rings. The molecule has 20 heavy (non-hydrogen) atoms. The molecular formula is C12H15N3O5. The highest BCUT2D eigenvalue weighted by atomic mass is 16.5. The van der Waals surface area contributed by atoms with Gasteiger partial charge in [0.15, 0.2) is 0 Å². The summed E-state index contributed by atoms with van der Waals surface area (Å²) >= 11 is 0. The van der Waals surface area contributed by atoms with Crippen molar-refractivity contribution in [3.05, 3.63) is 24.5 Å². The highest BCUT2D eigenvalue weighted by Crippen LogP contribution is 2.13. The van der Waals surface area contributed by atoms with Gasteiger partial charge in [-0.05, 0) is 12.1 Å². The van der Waals surface area contributed by atoms with Gasteiger partial charge in [0, 0.05) is 25.8 Å². The predicted molar refractivity (Wildman–Crippen MR) is 67.8 cm³/mol. The Morgan fingerprint density at radius 1 is 1.35 bits per heavy atom. The topological polar surface area (TPSA) is 103 Å². The van der Waals surface area contributed by atoms with Crippen LogP contribution in [-0.4, -0.2) is 69.5 Å². The molecule has 0 aliphatic carbocycles. The summed E-state index contributed by atoms with van der Waals surface area (Å²) in [6.45, 7) is 0.497. The maximum Gasteiger partial charge on any atom is 0.407 e. The molecular weight excluding hydrogens is 266 g/mol. The second-order valence-corrected chi connectivity index (χ2v) is 4.36. The van der Waals surface area contributed by atoms with Crippen molar-refractivity contribution in [3.8, 4) is 5.75 Å². The first-order valence-corrected chi connectivity index (χ1v) is 6.08. The maximum atomic E-state index is 11.1. The lowest BCUT2D eigenvalue weighted by molar-refractivity contribution is 0.0462. The van der Waals surface area contributed by atoms with Crippen molar-refractivity contribution in [1.82, 2.24) is 14.8 Å². The molecule has 1 saturated heterocycles. The summed E-state index contributed by atoms with van der Waals surface area (Å²) in [6.07, 6.45) is 0.989. The number of rotatable bonds is 3. The highest BCUT2D eigenvalue weighted by Gasteiger charge is 2.32. The zero-order valence-corrected chi connectivity index (χ0v) is 10.7. The van der Waals surface area contributed by atoms with E-state index in [9.17, 15) is 9.59 Å². The Hall–Kier alpha value is -2.51. The minimum atomic E-state index is -1.07. The molecule has 1 atom stereocenters. The minimum absolute atomic E-state index is 0.0851. The molecule has 1 aliphatic rings. The second-order valence-electron chi connectivity index (χ2n) is 4.36. The first kappa shape index (κ1) is 13.9. The van der Waals surface area contributed by atoms with E-state index in [4.69, 9.17) is 14.9 Å². The fraction of sp³-hybridized carbons (Fsp3) is 0.417. The summed E-state index contributed by atoms with van der Waals surface area (Å²) in [7, 11) is 0. The average molecular weight is 281 g/mol. The SMILES string of the molecule is O=C(O)N1CCN(C(=O)O)C(COc2cccnc2)C1. The van der Waals surface area contributed by atoms with E-state index < -0.39 is 18.2 Å². The van der Waals surface area contributed by atoms with Crippen LogP contribution in [0.15, 0.2) is 24.5 Å². The molecule has 8 heteroatoms. The van der Waals surface area contributed by atoms with Crippen LogP contribution in [-0.2, 0) is 0 Å². The highest BCUT2D eigenvalue weighted by molar-refractivity contribution is 5.68. The van der Waals surface area contributed by atoms with Crippen LogP contribution in [0.2, 0.25) is 0 Å². The number of ether oxygens (including phenoxy) is 1. The first-order valence-electron chi connectivity index (χ1n) is 6.08. The number of carbonyl (C=O) groups is 2. The largest absolute Gasteiger partial charge is 0.490 e. The fourth-order valence-corrected chi connectivity index (χ4v) is 2.05. The molecule has 0 bridgehead atoms. The summed E-state index contributed by atoms with van der Waals surface area (Å²) < 4.78 is 5.47. The number of pyridine rings is 1. The summed E-state index contributed by atoms with van der Waals surface area (Å²) in [5.74, 6) is 0.519. The van der Waals surface area contributed by atoms with Gasteiger partial charge in [0.2, 0.25) is 0 Å². The van der Waals surface area contributed by atoms with Crippen molar-refractivity contribution in [2.45, 2.75) is 6.04 Å². The number of nitrogens with zero attached hydrogens (tertiary/aromatic N) is 3. The van der Waals surface area contributed by atoms with Crippen molar-refractivity contribution < 1.29 is 24.5 Å². The maximum absolute atomic E-state index is 11.1. The number of hydrogen-bond donors (Lipinski definition) is 2. The van der Waals surface area contributed by atoms with Gasteiger partial charge in [-0.3, -0.25) is 9.88 Å². The number of aromatic nitrogens is 1. The molecule has 2 amide bonds. The van der Waals surface area contributed by atoms with Crippen molar-refractivity contribution in [3.63, 3.8) is 0 Å². The van der Waals surface area contributed by atoms with E-state index in [1.54, 1.807) is 18.3 Å². The van der Waals surface area contributed by atoms with E-state index in [0.29, 0.717) is 5.75 Å². The van der Waals surface area contributed by atoms with Crippen LogP contribution in [0.4, 0.5) is 9.59 Å². The summed E-state index contributed by atoms with van der Waals surface area (Å²) in [5, 5.41) is 18.1. The van der Waals surface area contributed by atoms with E-state index in [1.165, 1.54) is 16.0 Å². The Morgan fingerprint density at radius 3 is 2.75 bits per heavy atom. The summed E-state index contributed by atoms with van der Waals surface area (Å²) in [4.78, 5) is 28.4. The molecule has 0 spiro atoms. The molecule has 2 rings (SSSR count). The van der Waals surface area contributed by atoms with Gasteiger partial charge in [-0.2, -0.15) is 0 Å². The molecule has 2 N–H and O–H groups in total. The molecule has 1 aromatic heterocycles. The summed E-state index contributed by atoms with van der Waals surface area (Å²) in [5.41, 5.74) is 0. The van der Waals surface area contributed by atoms with Crippen LogP contribution in [0, 0.1) is 0 Å². The van der Waals surface area contributed by atoms with Gasteiger partial charge >= 0.3 is 12.2 Å². The van der Waals surface area contributed by atoms with Gasteiger partial charge in [0.25, 0.3) is 0 Å². The Kier molecular flexibility index (Phi) is 4.24. The molecule has 1 unspecified atom stereocenters. The van der Waals surface area contributed by atoms with Crippen molar-refractivity contribution in [2.75, 3.05) is 26.2 Å². The quantitative estimate of drug-likeness (QED) is 0.849. The van der Waals surface area contributed by atoms with Crippen molar-refractivity contribution >= 4 is 12.2 Å². The smallest absolute Gasteiger partial charge is 0.407 e. The van der Waals surface area contributed by atoms with Gasteiger partial charge in [-0.25, -0.2) is 9.59 Å². The Morgan fingerprint density at radius 2 is 2.15 bits per heavy atom. The number of hydrogen-bond acceptors (Lipinski definition) is 4. The van der Waals surface area contributed by atoms with Crippen LogP contribution < -0.4 is 4.74 Å². The molecule has 0 saturated carbocycles. The van der Waals surface area contributed by atoms with Crippen LogP contribution in [0.25, 0.3) is 0 Å². The molecule has 0 aromatic carbocycles. The molecule has 2 heterocycles. The Balaban J connectivity index is 2.00. The molecule has 1 fully saturated rings. The van der Waals surface area contributed by atoms with E-state index in [1.807, 2.05) is 0 Å². The predicted octanol–water partition coefficient (Wildman–Crippen LogP) is 0.803. The van der Waals surface area contributed by atoms with E-state index in [2.05, 4.69) is 4.98 Å². The van der Waals surface area contributed by atoms with Gasteiger partial charge in [-0.1, -0.05) is 0 Å². The standard InChI is InChI=1S/C12H15N3O5/c16-11(17)14-4-5-15(12(18)19)9(7-14)8-20-10-2-1-3-13-6-10/h1-3,6,9H,4-5,7-8H2,(H,16,17)(H,18,19). The third-order valence-electron chi connectivity index (χ3n) is 3.08. The van der Waals surface area contributed by atoms with E-state index in [0.717, 1.165) is 0 Å². The van der Waals surface area contributed by atoms with Crippen LogP contribution in [0.5, 0.6) is 5.75 Å². The zero-order chi connectivity index (χ0) is 14.5. The Labute approximate surface area is 115 Å². The lowest BCUT2D eigenvalue weighted by Gasteiger charge is -2.38. The summed E-state index contributed by atoms with van der Waals surface area (Å²) in [6, 6.07) is 2.88. The van der Waals surface area contributed by atoms with Crippen LogP contribution in [0.3, 0.4) is 0 Å².